The summed E-state index contributed by atoms with van der Waals surface area (Å²) < 4.78 is 5.45. The van der Waals surface area contributed by atoms with Crippen molar-refractivity contribution in [1.29, 1.82) is 5.41 Å². The lowest BCUT2D eigenvalue weighted by atomic mass is 9.97. The Bertz CT molecular complexity index is 669. The molecular weight excluding hydrogens is 342 g/mol. The van der Waals surface area contributed by atoms with Crippen LogP contribution in [-0.4, -0.2) is 73.1 Å². The van der Waals surface area contributed by atoms with E-state index in [1.165, 1.54) is 5.69 Å². The van der Waals surface area contributed by atoms with Gasteiger partial charge in [0.05, 0.1) is 0 Å². The predicted molar refractivity (Wildman–Crippen MR) is 107 cm³/mol. The molecule has 27 heavy (non-hydrogen) atoms. The summed E-state index contributed by atoms with van der Waals surface area (Å²) in [5.74, 6) is 0.763. The highest BCUT2D eigenvalue weighted by Crippen LogP contribution is 2.26. The second-order valence-corrected chi connectivity index (χ2v) is 8.50. The normalized spacial score (nSPS) is 18.9. The van der Waals surface area contributed by atoms with Crippen molar-refractivity contribution in [1.82, 2.24) is 9.80 Å². The molecule has 7 heteroatoms. The van der Waals surface area contributed by atoms with Crippen LogP contribution in [0.1, 0.15) is 26.3 Å². The highest BCUT2D eigenvalue weighted by atomic mass is 16.6. The van der Waals surface area contributed by atoms with Gasteiger partial charge in [0, 0.05) is 63.0 Å². The molecule has 2 aliphatic heterocycles. The summed E-state index contributed by atoms with van der Waals surface area (Å²) in [4.78, 5) is 18.7. The Kier molecular flexibility index (Phi) is 5.60. The summed E-state index contributed by atoms with van der Waals surface area (Å²) in [6.07, 6.45) is -0.203. The molecule has 3 N–H and O–H groups in total. The molecule has 0 bridgehead atoms. The van der Waals surface area contributed by atoms with Crippen LogP contribution in [0.15, 0.2) is 24.3 Å². The van der Waals surface area contributed by atoms with Gasteiger partial charge in [-0.25, -0.2) is 4.79 Å². The van der Waals surface area contributed by atoms with Crippen molar-refractivity contribution in [2.45, 2.75) is 26.4 Å². The van der Waals surface area contributed by atoms with E-state index in [1.807, 2.05) is 49.9 Å². The average molecular weight is 374 g/mol. The molecule has 2 fully saturated rings. The van der Waals surface area contributed by atoms with Gasteiger partial charge in [-0.05, 0) is 45.0 Å². The van der Waals surface area contributed by atoms with Crippen molar-refractivity contribution in [3.63, 3.8) is 0 Å². The van der Waals surface area contributed by atoms with E-state index in [1.54, 1.807) is 0 Å². The zero-order valence-electron chi connectivity index (χ0n) is 16.6. The first-order valence-corrected chi connectivity index (χ1v) is 9.61. The van der Waals surface area contributed by atoms with Crippen LogP contribution in [0.4, 0.5) is 10.5 Å². The van der Waals surface area contributed by atoms with Gasteiger partial charge in [-0.1, -0.05) is 0 Å². The molecule has 1 amide bonds. The van der Waals surface area contributed by atoms with Crippen LogP contribution in [0.25, 0.3) is 0 Å². The molecular formula is C20H31N5O2. The number of rotatable bonds is 4. The minimum absolute atomic E-state index is 0.105. The second kappa shape index (κ2) is 7.76. The molecule has 0 unspecified atom stereocenters. The molecule has 0 radical (unpaired) electrons. The van der Waals surface area contributed by atoms with Crippen LogP contribution < -0.4 is 10.6 Å². The van der Waals surface area contributed by atoms with Gasteiger partial charge in [0.15, 0.2) is 0 Å². The first-order valence-electron chi connectivity index (χ1n) is 9.61. The Balaban J connectivity index is 1.39. The first kappa shape index (κ1) is 19.5. The van der Waals surface area contributed by atoms with Crippen molar-refractivity contribution < 1.29 is 9.53 Å². The van der Waals surface area contributed by atoms with E-state index < -0.39 is 5.60 Å². The minimum atomic E-state index is -0.438. The first-order chi connectivity index (χ1) is 12.7. The Labute approximate surface area is 161 Å². The fourth-order valence-electron chi connectivity index (χ4n) is 3.55. The largest absolute Gasteiger partial charge is 0.444 e. The summed E-state index contributed by atoms with van der Waals surface area (Å²) in [6, 6.07) is 7.88. The molecule has 7 nitrogen and oxygen atoms in total. The molecule has 2 saturated heterocycles. The topological polar surface area (TPSA) is 85.9 Å². The van der Waals surface area contributed by atoms with E-state index in [9.17, 15) is 4.79 Å². The monoisotopic (exact) mass is 373 g/mol. The van der Waals surface area contributed by atoms with Crippen molar-refractivity contribution >= 4 is 17.6 Å². The lowest BCUT2D eigenvalue weighted by Crippen LogP contribution is -2.55. The third-order valence-electron chi connectivity index (χ3n) is 5.04. The summed E-state index contributed by atoms with van der Waals surface area (Å²) in [7, 11) is 0. The lowest BCUT2D eigenvalue weighted by Gasteiger charge is -2.44. The van der Waals surface area contributed by atoms with Gasteiger partial charge in [0.1, 0.15) is 11.4 Å². The molecule has 3 rings (SSSR count). The standard InChI is InChI=1S/C20H31N5O2/c1-20(2,3)27-19(26)24-10-8-23(9-11-24)12-15-13-25(14-15)17-6-4-16(5-7-17)18(21)22/h4-7,15H,8-14H2,1-3H3,(H3,21,22). The number of nitrogen functional groups attached to an aromatic ring is 1. The number of ether oxygens (including phenoxy) is 1. The van der Waals surface area contributed by atoms with E-state index in [4.69, 9.17) is 15.9 Å². The van der Waals surface area contributed by atoms with Gasteiger partial charge in [-0.3, -0.25) is 10.3 Å². The number of amidine groups is 1. The summed E-state index contributed by atoms with van der Waals surface area (Å²) in [6.45, 7) is 12.1. The quantitative estimate of drug-likeness (QED) is 0.622. The van der Waals surface area contributed by atoms with Crippen LogP contribution in [0.5, 0.6) is 0 Å². The Morgan fingerprint density at radius 1 is 1.15 bits per heavy atom. The van der Waals surface area contributed by atoms with E-state index in [0.717, 1.165) is 51.4 Å². The van der Waals surface area contributed by atoms with Gasteiger partial charge in [0.25, 0.3) is 0 Å². The number of carbonyl (C=O) groups is 1. The molecule has 2 heterocycles. The number of carbonyl (C=O) groups excluding carboxylic acids is 1. The van der Waals surface area contributed by atoms with E-state index in [0.29, 0.717) is 5.92 Å². The van der Waals surface area contributed by atoms with Gasteiger partial charge in [-0.2, -0.15) is 0 Å². The fourth-order valence-corrected chi connectivity index (χ4v) is 3.55. The Morgan fingerprint density at radius 2 is 1.74 bits per heavy atom. The van der Waals surface area contributed by atoms with E-state index >= 15 is 0 Å². The Hall–Kier alpha value is -2.28. The molecule has 0 aliphatic carbocycles. The van der Waals surface area contributed by atoms with Gasteiger partial charge in [0.2, 0.25) is 0 Å². The number of hydrogen-bond acceptors (Lipinski definition) is 5. The van der Waals surface area contributed by atoms with Gasteiger partial charge in [-0.15, -0.1) is 0 Å². The number of nitrogens with zero attached hydrogens (tertiary/aromatic N) is 3. The smallest absolute Gasteiger partial charge is 0.410 e. The maximum atomic E-state index is 12.1. The van der Waals surface area contributed by atoms with Crippen LogP contribution >= 0.6 is 0 Å². The number of nitrogens with two attached hydrogens (primary N) is 1. The zero-order valence-corrected chi connectivity index (χ0v) is 16.6. The second-order valence-electron chi connectivity index (χ2n) is 8.50. The van der Waals surface area contributed by atoms with Crippen molar-refractivity contribution in [2.75, 3.05) is 50.7 Å². The summed E-state index contributed by atoms with van der Waals surface area (Å²) in [5.41, 5.74) is 7.01. The fraction of sp³-hybridized carbons (Fsp3) is 0.600. The van der Waals surface area contributed by atoms with Gasteiger partial charge >= 0.3 is 6.09 Å². The van der Waals surface area contributed by atoms with Crippen LogP contribution in [0.3, 0.4) is 0 Å². The number of amides is 1. The molecule has 2 aliphatic rings. The van der Waals surface area contributed by atoms with Crippen molar-refractivity contribution in [3.05, 3.63) is 29.8 Å². The number of nitrogens with one attached hydrogen (secondary N) is 1. The summed E-state index contributed by atoms with van der Waals surface area (Å²) in [5, 5.41) is 7.46. The molecule has 0 saturated carbocycles. The third-order valence-corrected chi connectivity index (χ3v) is 5.04. The zero-order chi connectivity index (χ0) is 19.6. The van der Waals surface area contributed by atoms with E-state index in [-0.39, 0.29) is 11.9 Å². The number of hydrogen-bond donors (Lipinski definition) is 2. The van der Waals surface area contributed by atoms with Crippen LogP contribution in [0, 0.1) is 11.3 Å². The molecule has 1 aromatic carbocycles. The molecule has 0 spiro atoms. The highest BCUT2D eigenvalue weighted by molar-refractivity contribution is 5.95. The molecule has 0 atom stereocenters. The minimum Gasteiger partial charge on any atom is -0.444 e. The number of piperazine rings is 1. The van der Waals surface area contributed by atoms with Crippen molar-refractivity contribution in [2.24, 2.45) is 11.7 Å². The predicted octanol–water partition coefficient (Wildman–Crippen LogP) is 1.96. The summed E-state index contributed by atoms with van der Waals surface area (Å²) >= 11 is 0. The lowest BCUT2D eigenvalue weighted by molar-refractivity contribution is 0.0129. The third kappa shape index (κ3) is 5.13. The van der Waals surface area contributed by atoms with Crippen LogP contribution in [-0.2, 0) is 4.74 Å². The molecule has 1 aromatic rings. The molecule has 148 valence electrons. The average Bonchev–Trinajstić information content (AvgIpc) is 2.57. The Morgan fingerprint density at radius 3 is 2.26 bits per heavy atom. The SMILES string of the molecule is CC(C)(C)OC(=O)N1CCN(CC2CN(c3ccc(C(=N)N)cc3)C2)CC1. The number of anilines is 1. The number of benzene rings is 1. The van der Waals surface area contributed by atoms with Gasteiger partial charge < -0.3 is 20.3 Å². The highest BCUT2D eigenvalue weighted by Gasteiger charge is 2.31. The van der Waals surface area contributed by atoms with E-state index in [2.05, 4.69) is 9.80 Å². The maximum Gasteiger partial charge on any atom is 0.410 e. The maximum absolute atomic E-state index is 12.1. The van der Waals surface area contributed by atoms with Crippen LogP contribution in [0.2, 0.25) is 0 Å². The van der Waals surface area contributed by atoms with Crippen molar-refractivity contribution in [3.8, 4) is 0 Å². The molecule has 0 aromatic heterocycles.